The van der Waals surface area contributed by atoms with E-state index in [-0.39, 0.29) is 24.4 Å². The minimum Gasteiger partial charge on any atom is -0.327 e. The first-order valence-corrected chi connectivity index (χ1v) is 8.84. The van der Waals surface area contributed by atoms with Gasteiger partial charge >= 0.3 is 0 Å². The number of benzene rings is 1. The number of rotatable bonds is 6. The summed E-state index contributed by atoms with van der Waals surface area (Å²) >= 11 is 1.41. The predicted molar refractivity (Wildman–Crippen MR) is 97.5 cm³/mol. The molecule has 5 nitrogen and oxygen atoms in total. The molecular weight excluding hydrogens is 322 g/mol. The minimum absolute atomic E-state index is 0.00462. The molecule has 0 saturated carbocycles. The van der Waals surface area contributed by atoms with Crippen LogP contribution in [0.25, 0.3) is 0 Å². The van der Waals surface area contributed by atoms with Gasteiger partial charge in [0, 0.05) is 22.7 Å². The summed E-state index contributed by atoms with van der Waals surface area (Å²) in [6.45, 7) is 7.81. The van der Waals surface area contributed by atoms with Crippen LogP contribution in [0.4, 0.5) is 5.13 Å². The van der Waals surface area contributed by atoms with Gasteiger partial charge in [-0.25, -0.2) is 4.98 Å². The number of nitrogens with one attached hydrogen (secondary N) is 1. The molecule has 0 spiro atoms. The second-order valence-corrected chi connectivity index (χ2v) is 7.14. The van der Waals surface area contributed by atoms with Crippen molar-refractivity contribution in [1.82, 2.24) is 9.88 Å². The van der Waals surface area contributed by atoms with E-state index in [0.717, 1.165) is 11.3 Å². The van der Waals surface area contributed by atoms with Crippen molar-refractivity contribution in [2.75, 3.05) is 11.9 Å². The van der Waals surface area contributed by atoms with Crippen LogP contribution in [0, 0.1) is 6.92 Å². The van der Waals surface area contributed by atoms with Gasteiger partial charge in [0.25, 0.3) is 5.91 Å². The van der Waals surface area contributed by atoms with Crippen molar-refractivity contribution in [2.24, 2.45) is 0 Å². The maximum absolute atomic E-state index is 12.7. The molecule has 1 aromatic heterocycles. The SMILES string of the molecule is CCc1ccc(C(=O)N(CC(=O)Nc2ncc(C)s2)C(C)C)cc1. The maximum atomic E-state index is 12.7. The smallest absolute Gasteiger partial charge is 0.254 e. The lowest BCUT2D eigenvalue weighted by atomic mass is 10.1. The molecule has 2 amide bonds. The van der Waals surface area contributed by atoms with Gasteiger partial charge in [-0.3, -0.25) is 9.59 Å². The molecular formula is C18H23N3O2S. The number of aryl methyl sites for hydroxylation is 2. The fourth-order valence-electron chi connectivity index (χ4n) is 2.26. The zero-order chi connectivity index (χ0) is 17.7. The van der Waals surface area contributed by atoms with Gasteiger partial charge in [0.05, 0.1) is 0 Å². The summed E-state index contributed by atoms with van der Waals surface area (Å²) in [5, 5.41) is 3.30. The number of carbonyl (C=O) groups is 2. The summed E-state index contributed by atoms with van der Waals surface area (Å²) in [6, 6.07) is 7.46. The van der Waals surface area contributed by atoms with Gasteiger partial charge < -0.3 is 10.2 Å². The first kappa shape index (κ1) is 18.1. The summed E-state index contributed by atoms with van der Waals surface area (Å²) in [7, 11) is 0. The molecule has 0 atom stereocenters. The minimum atomic E-state index is -0.239. The van der Waals surface area contributed by atoms with Gasteiger partial charge in [0.2, 0.25) is 5.91 Å². The van der Waals surface area contributed by atoms with Crippen molar-refractivity contribution < 1.29 is 9.59 Å². The Labute approximate surface area is 146 Å². The Morgan fingerprint density at radius 1 is 1.25 bits per heavy atom. The normalized spacial score (nSPS) is 10.7. The summed E-state index contributed by atoms with van der Waals surface area (Å²) in [5.74, 6) is -0.380. The average molecular weight is 345 g/mol. The van der Waals surface area contributed by atoms with Crippen molar-refractivity contribution in [3.8, 4) is 0 Å². The molecule has 128 valence electrons. The Morgan fingerprint density at radius 2 is 1.92 bits per heavy atom. The third-order valence-electron chi connectivity index (χ3n) is 3.67. The molecule has 1 heterocycles. The van der Waals surface area contributed by atoms with E-state index in [0.29, 0.717) is 10.7 Å². The number of nitrogens with zero attached hydrogens (tertiary/aromatic N) is 2. The standard InChI is InChI=1S/C18H23N3O2S/c1-5-14-6-8-15(9-7-14)17(23)21(12(2)3)11-16(22)20-18-19-10-13(4)24-18/h6-10,12H,5,11H2,1-4H3,(H,19,20,22). The van der Waals surface area contributed by atoms with E-state index in [1.165, 1.54) is 16.9 Å². The van der Waals surface area contributed by atoms with Crippen LogP contribution in [0.2, 0.25) is 0 Å². The first-order valence-electron chi connectivity index (χ1n) is 8.03. The van der Waals surface area contributed by atoms with Crippen LogP contribution in [-0.2, 0) is 11.2 Å². The van der Waals surface area contributed by atoms with Crippen LogP contribution in [0.15, 0.2) is 30.5 Å². The number of amides is 2. The number of hydrogen-bond acceptors (Lipinski definition) is 4. The van der Waals surface area contributed by atoms with Crippen LogP contribution in [-0.4, -0.2) is 34.3 Å². The summed E-state index contributed by atoms with van der Waals surface area (Å²) < 4.78 is 0. The zero-order valence-electron chi connectivity index (χ0n) is 14.5. The summed E-state index contributed by atoms with van der Waals surface area (Å²) in [4.78, 5) is 31.7. The van der Waals surface area contributed by atoms with Crippen LogP contribution >= 0.6 is 11.3 Å². The van der Waals surface area contributed by atoms with E-state index in [1.54, 1.807) is 11.1 Å². The fourth-order valence-corrected chi connectivity index (χ4v) is 2.94. The van der Waals surface area contributed by atoms with Crippen LogP contribution < -0.4 is 5.32 Å². The van der Waals surface area contributed by atoms with Gasteiger partial charge in [-0.1, -0.05) is 19.1 Å². The largest absolute Gasteiger partial charge is 0.327 e. The predicted octanol–water partition coefficient (Wildman–Crippen LogP) is 3.50. The van der Waals surface area contributed by atoms with Crippen molar-refractivity contribution in [3.63, 3.8) is 0 Å². The molecule has 1 aromatic carbocycles. The first-order chi connectivity index (χ1) is 11.4. The highest BCUT2D eigenvalue weighted by molar-refractivity contribution is 7.15. The zero-order valence-corrected chi connectivity index (χ0v) is 15.3. The van der Waals surface area contributed by atoms with Crippen molar-refractivity contribution in [2.45, 2.75) is 40.2 Å². The molecule has 2 rings (SSSR count). The summed E-state index contributed by atoms with van der Waals surface area (Å²) in [6.07, 6.45) is 2.64. The van der Waals surface area contributed by atoms with E-state index in [4.69, 9.17) is 0 Å². The van der Waals surface area contributed by atoms with Crippen LogP contribution in [0.3, 0.4) is 0 Å². The quantitative estimate of drug-likeness (QED) is 0.871. The highest BCUT2D eigenvalue weighted by Gasteiger charge is 2.22. The van der Waals surface area contributed by atoms with E-state index >= 15 is 0 Å². The molecule has 0 aliphatic carbocycles. The van der Waals surface area contributed by atoms with Gasteiger partial charge in [-0.05, 0) is 44.9 Å². The Hall–Kier alpha value is -2.21. The van der Waals surface area contributed by atoms with Gasteiger partial charge in [-0.2, -0.15) is 0 Å². The van der Waals surface area contributed by atoms with E-state index < -0.39 is 0 Å². The topological polar surface area (TPSA) is 62.3 Å². The van der Waals surface area contributed by atoms with Crippen LogP contribution in [0.1, 0.15) is 41.6 Å². The Balaban J connectivity index is 2.07. The van der Waals surface area contributed by atoms with Gasteiger partial charge in [0.1, 0.15) is 6.54 Å². The lowest BCUT2D eigenvalue weighted by Crippen LogP contribution is -2.42. The van der Waals surface area contributed by atoms with E-state index in [9.17, 15) is 9.59 Å². The highest BCUT2D eigenvalue weighted by Crippen LogP contribution is 2.17. The van der Waals surface area contributed by atoms with E-state index in [2.05, 4.69) is 17.2 Å². The second-order valence-electron chi connectivity index (χ2n) is 5.90. The van der Waals surface area contributed by atoms with Crippen molar-refractivity contribution in [3.05, 3.63) is 46.5 Å². The third kappa shape index (κ3) is 4.64. The van der Waals surface area contributed by atoms with Gasteiger partial charge in [0.15, 0.2) is 5.13 Å². The molecule has 6 heteroatoms. The average Bonchev–Trinajstić information content (AvgIpc) is 2.96. The molecule has 0 unspecified atom stereocenters. The molecule has 0 radical (unpaired) electrons. The second kappa shape index (κ2) is 8.06. The number of aromatic nitrogens is 1. The molecule has 1 N–H and O–H groups in total. The third-order valence-corrected chi connectivity index (χ3v) is 4.50. The maximum Gasteiger partial charge on any atom is 0.254 e. The van der Waals surface area contributed by atoms with Gasteiger partial charge in [-0.15, -0.1) is 11.3 Å². The van der Waals surface area contributed by atoms with E-state index in [1.807, 2.05) is 45.0 Å². The molecule has 0 saturated heterocycles. The molecule has 0 fully saturated rings. The number of carbonyl (C=O) groups excluding carboxylic acids is 2. The van der Waals surface area contributed by atoms with Crippen molar-refractivity contribution >= 4 is 28.3 Å². The summed E-state index contributed by atoms with van der Waals surface area (Å²) in [5.41, 5.74) is 1.78. The molecule has 0 aliphatic heterocycles. The molecule has 0 aliphatic rings. The highest BCUT2D eigenvalue weighted by atomic mass is 32.1. The number of hydrogen-bond donors (Lipinski definition) is 1. The van der Waals surface area contributed by atoms with Crippen molar-refractivity contribution in [1.29, 1.82) is 0 Å². The monoisotopic (exact) mass is 345 g/mol. The lowest BCUT2D eigenvalue weighted by Gasteiger charge is -2.26. The Morgan fingerprint density at radius 3 is 2.42 bits per heavy atom. The molecule has 24 heavy (non-hydrogen) atoms. The molecule has 0 bridgehead atoms. The fraction of sp³-hybridized carbons (Fsp3) is 0.389. The molecule has 2 aromatic rings. The Bertz CT molecular complexity index is 707. The van der Waals surface area contributed by atoms with Crippen LogP contribution in [0.5, 0.6) is 0 Å². The lowest BCUT2D eigenvalue weighted by molar-refractivity contribution is -0.117. The number of anilines is 1. The Kier molecular flexibility index (Phi) is 6.09. The number of thiazole rings is 1.